The van der Waals surface area contributed by atoms with Crippen molar-refractivity contribution in [2.24, 2.45) is 0 Å². The number of thiazole rings is 1. The molecular weight excluding hydrogens is 308 g/mol. The van der Waals surface area contributed by atoms with Gasteiger partial charge in [0.2, 0.25) is 5.91 Å². The maximum atomic E-state index is 11.8. The van der Waals surface area contributed by atoms with E-state index in [1.54, 1.807) is 11.3 Å². The lowest BCUT2D eigenvalue weighted by atomic mass is 10.2. The number of carbonyl (C=O) groups excluding carboxylic acids is 1. The molecule has 0 fully saturated rings. The van der Waals surface area contributed by atoms with Crippen molar-refractivity contribution < 1.29 is 4.79 Å². The van der Waals surface area contributed by atoms with Gasteiger partial charge in [0.15, 0.2) is 5.13 Å². The number of rotatable bonds is 4. The number of nitrogens with one attached hydrogen (secondary N) is 1. The summed E-state index contributed by atoms with van der Waals surface area (Å²) in [6.07, 6.45) is 1.39. The molecule has 0 saturated carbocycles. The van der Waals surface area contributed by atoms with Crippen LogP contribution in [0.1, 0.15) is 9.75 Å². The van der Waals surface area contributed by atoms with Crippen LogP contribution in [-0.2, 0) is 11.3 Å². The van der Waals surface area contributed by atoms with Gasteiger partial charge < -0.3 is 5.32 Å². The summed E-state index contributed by atoms with van der Waals surface area (Å²) in [5.41, 5.74) is 2.01. The van der Waals surface area contributed by atoms with Crippen molar-refractivity contribution in [3.05, 3.63) is 27.5 Å². The smallest absolute Gasteiger partial charge is 0.248 e. The molecule has 21 heavy (non-hydrogen) atoms. The highest BCUT2D eigenvalue weighted by Crippen LogP contribution is 2.32. The molecule has 0 aliphatic heterocycles. The third-order valence-corrected chi connectivity index (χ3v) is 4.49. The topological polar surface area (TPSA) is 85.6 Å². The average molecular weight is 320 g/mol. The second kappa shape index (κ2) is 5.70. The van der Waals surface area contributed by atoms with E-state index >= 15 is 0 Å². The quantitative estimate of drug-likeness (QED) is 0.796. The molecule has 1 N–H and O–H groups in total. The lowest BCUT2D eigenvalue weighted by Crippen LogP contribution is -2.19. The molecule has 0 aliphatic carbocycles. The lowest BCUT2D eigenvalue weighted by molar-refractivity contribution is -0.116. The van der Waals surface area contributed by atoms with Crippen LogP contribution >= 0.6 is 22.7 Å². The van der Waals surface area contributed by atoms with Crippen molar-refractivity contribution in [2.75, 3.05) is 5.32 Å². The normalized spacial score (nSPS) is 10.8. The first-order chi connectivity index (χ1) is 10.1. The van der Waals surface area contributed by atoms with Gasteiger partial charge in [-0.2, -0.15) is 0 Å². The molecule has 3 aromatic rings. The number of carbonyl (C=O) groups is 1. The first kappa shape index (κ1) is 13.8. The summed E-state index contributed by atoms with van der Waals surface area (Å²) in [7, 11) is 0. The molecule has 0 aromatic carbocycles. The summed E-state index contributed by atoms with van der Waals surface area (Å²) >= 11 is 3.15. The fourth-order valence-electron chi connectivity index (χ4n) is 1.90. The Balaban J connectivity index is 1.70. The van der Waals surface area contributed by atoms with Crippen LogP contribution in [0.3, 0.4) is 0 Å². The van der Waals surface area contributed by atoms with Gasteiger partial charge in [-0.1, -0.05) is 0 Å². The minimum absolute atomic E-state index is 0.0680. The van der Waals surface area contributed by atoms with E-state index in [9.17, 15) is 4.79 Å². The number of hydrogen-bond donors (Lipinski definition) is 1. The van der Waals surface area contributed by atoms with Crippen molar-refractivity contribution in [2.45, 2.75) is 20.4 Å². The zero-order valence-corrected chi connectivity index (χ0v) is 13.0. The van der Waals surface area contributed by atoms with Gasteiger partial charge in [-0.25, -0.2) is 9.67 Å². The Morgan fingerprint density at radius 3 is 2.95 bits per heavy atom. The van der Waals surface area contributed by atoms with Crippen LogP contribution in [0.5, 0.6) is 0 Å². The molecule has 0 unspecified atom stereocenters. The molecular formula is C12H12N6OS2. The number of anilines is 1. The van der Waals surface area contributed by atoms with Gasteiger partial charge in [-0.05, 0) is 30.3 Å². The van der Waals surface area contributed by atoms with E-state index in [1.165, 1.54) is 32.1 Å². The third kappa shape index (κ3) is 3.14. The van der Waals surface area contributed by atoms with Gasteiger partial charge in [0, 0.05) is 20.7 Å². The van der Waals surface area contributed by atoms with Crippen molar-refractivity contribution in [3.63, 3.8) is 0 Å². The monoisotopic (exact) mass is 320 g/mol. The van der Waals surface area contributed by atoms with Gasteiger partial charge in [0.1, 0.15) is 12.9 Å². The van der Waals surface area contributed by atoms with Crippen molar-refractivity contribution in [1.82, 2.24) is 25.2 Å². The molecule has 108 valence electrons. The Labute approximate surface area is 128 Å². The number of aryl methyl sites for hydroxylation is 2. The first-order valence-electron chi connectivity index (χ1n) is 6.15. The minimum atomic E-state index is -0.207. The van der Waals surface area contributed by atoms with E-state index in [4.69, 9.17) is 0 Å². The standard InChI is InChI=1S/C12H12N6OS2/c1-7-3-9(8(2)21-7)10-5-20-12(14-10)15-11(19)4-18-6-13-16-17-18/h3,5-6H,4H2,1-2H3,(H,14,15,19). The summed E-state index contributed by atoms with van der Waals surface area (Å²) in [6, 6.07) is 2.11. The molecule has 3 heterocycles. The van der Waals surface area contributed by atoms with Crippen LogP contribution in [0.2, 0.25) is 0 Å². The molecule has 9 heteroatoms. The van der Waals surface area contributed by atoms with Crippen LogP contribution < -0.4 is 5.32 Å². The Morgan fingerprint density at radius 2 is 2.29 bits per heavy atom. The summed E-state index contributed by atoms with van der Waals surface area (Å²) in [6.45, 7) is 4.21. The van der Waals surface area contributed by atoms with Gasteiger partial charge in [0.25, 0.3) is 0 Å². The van der Waals surface area contributed by atoms with Gasteiger partial charge >= 0.3 is 0 Å². The van der Waals surface area contributed by atoms with Crippen molar-refractivity contribution in [1.29, 1.82) is 0 Å². The van der Waals surface area contributed by atoms with Crippen LogP contribution in [0, 0.1) is 13.8 Å². The minimum Gasteiger partial charge on any atom is -0.300 e. The Kier molecular flexibility index (Phi) is 3.76. The van der Waals surface area contributed by atoms with Crippen molar-refractivity contribution in [3.8, 4) is 11.3 Å². The van der Waals surface area contributed by atoms with Crippen LogP contribution in [0.25, 0.3) is 11.3 Å². The largest absolute Gasteiger partial charge is 0.300 e. The van der Waals surface area contributed by atoms with Gasteiger partial charge in [0.05, 0.1) is 5.69 Å². The zero-order valence-electron chi connectivity index (χ0n) is 11.4. The summed E-state index contributed by atoms with van der Waals surface area (Å²) in [4.78, 5) is 18.8. The fraction of sp³-hybridized carbons (Fsp3) is 0.250. The predicted molar refractivity (Wildman–Crippen MR) is 81.3 cm³/mol. The number of amides is 1. The molecule has 1 amide bonds. The lowest BCUT2D eigenvalue weighted by Gasteiger charge is -2.00. The van der Waals surface area contributed by atoms with E-state index in [0.717, 1.165) is 11.3 Å². The maximum Gasteiger partial charge on any atom is 0.248 e. The summed E-state index contributed by atoms with van der Waals surface area (Å²) < 4.78 is 1.36. The number of thiophene rings is 1. The summed E-state index contributed by atoms with van der Waals surface area (Å²) in [5, 5.41) is 15.9. The van der Waals surface area contributed by atoms with E-state index in [-0.39, 0.29) is 12.5 Å². The van der Waals surface area contributed by atoms with Gasteiger partial charge in [-0.3, -0.25) is 4.79 Å². The zero-order chi connectivity index (χ0) is 14.8. The van der Waals surface area contributed by atoms with E-state index in [1.807, 2.05) is 5.38 Å². The SMILES string of the molecule is Cc1cc(-c2csc(NC(=O)Cn3cnnn3)n2)c(C)s1. The number of hydrogen-bond acceptors (Lipinski definition) is 7. The molecule has 3 aromatic heterocycles. The van der Waals surface area contributed by atoms with Crippen LogP contribution in [0.4, 0.5) is 5.13 Å². The molecule has 0 aliphatic rings. The molecule has 3 rings (SSSR count). The Hall–Kier alpha value is -2.13. The molecule has 0 spiro atoms. The second-order valence-corrected chi connectivity index (χ2v) is 6.74. The molecule has 0 saturated heterocycles. The number of nitrogens with zero attached hydrogens (tertiary/aromatic N) is 5. The molecule has 7 nitrogen and oxygen atoms in total. The van der Waals surface area contributed by atoms with Crippen LogP contribution in [-0.4, -0.2) is 31.1 Å². The highest BCUT2D eigenvalue weighted by atomic mass is 32.1. The van der Waals surface area contributed by atoms with E-state index in [0.29, 0.717) is 5.13 Å². The molecule has 0 radical (unpaired) electrons. The Morgan fingerprint density at radius 1 is 1.43 bits per heavy atom. The summed E-state index contributed by atoms with van der Waals surface area (Å²) in [5.74, 6) is -0.207. The van der Waals surface area contributed by atoms with Crippen molar-refractivity contribution >= 4 is 33.7 Å². The molecule has 0 bridgehead atoms. The highest BCUT2D eigenvalue weighted by molar-refractivity contribution is 7.14. The van der Waals surface area contributed by atoms with E-state index in [2.05, 4.69) is 45.7 Å². The number of aromatic nitrogens is 5. The predicted octanol–water partition coefficient (Wildman–Crippen LogP) is 2.11. The van der Waals surface area contributed by atoms with Gasteiger partial charge in [-0.15, -0.1) is 27.8 Å². The average Bonchev–Trinajstić information content (AvgIpc) is 3.12. The second-order valence-electron chi connectivity index (χ2n) is 4.42. The Bertz CT molecular complexity index is 761. The molecule has 0 atom stereocenters. The van der Waals surface area contributed by atoms with Crippen LogP contribution in [0.15, 0.2) is 17.8 Å². The third-order valence-electron chi connectivity index (χ3n) is 2.76. The fourth-order valence-corrected chi connectivity index (χ4v) is 3.56. The highest BCUT2D eigenvalue weighted by Gasteiger charge is 2.12. The van der Waals surface area contributed by atoms with E-state index < -0.39 is 0 Å². The number of tetrazole rings is 1. The maximum absolute atomic E-state index is 11.8. The first-order valence-corrected chi connectivity index (χ1v) is 7.85.